The van der Waals surface area contributed by atoms with Crippen LogP contribution in [0.4, 0.5) is 24.5 Å². The van der Waals surface area contributed by atoms with E-state index in [0.717, 1.165) is 0 Å². The number of nitrogens with zero attached hydrogens (tertiary/aromatic N) is 2. The maximum absolute atomic E-state index is 12.5. The first-order chi connectivity index (χ1) is 9.64. The maximum atomic E-state index is 12.5. The highest BCUT2D eigenvalue weighted by Gasteiger charge is 2.31. The van der Waals surface area contributed by atoms with Crippen molar-refractivity contribution < 1.29 is 18.1 Å². The fourth-order valence-corrected chi connectivity index (χ4v) is 1.93. The lowest BCUT2D eigenvalue weighted by Gasteiger charge is -2.27. The van der Waals surface area contributed by atoms with E-state index in [-0.39, 0.29) is 24.0 Å². The second kappa shape index (κ2) is 6.75. The fourth-order valence-electron chi connectivity index (χ4n) is 1.93. The zero-order chi connectivity index (χ0) is 16.2. The van der Waals surface area contributed by atoms with Crippen LogP contribution in [0.2, 0.25) is 0 Å². The van der Waals surface area contributed by atoms with Crippen LogP contribution in [-0.4, -0.2) is 35.6 Å². The molecule has 0 aliphatic heterocycles. The van der Waals surface area contributed by atoms with Crippen LogP contribution in [-0.2, 0) is 6.54 Å². The highest BCUT2D eigenvalue weighted by Crippen LogP contribution is 2.26. The highest BCUT2D eigenvalue weighted by molar-refractivity contribution is 5.62. The maximum Gasteiger partial charge on any atom is 0.401 e. The summed E-state index contributed by atoms with van der Waals surface area (Å²) >= 11 is 0. The Morgan fingerprint density at radius 1 is 1.38 bits per heavy atom. The van der Waals surface area contributed by atoms with Gasteiger partial charge in [-0.15, -0.1) is 0 Å². The van der Waals surface area contributed by atoms with Gasteiger partial charge in [-0.1, -0.05) is 6.07 Å². The van der Waals surface area contributed by atoms with Gasteiger partial charge >= 0.3 is 6.18 Å². The van der Waals surface area contributed by atoms with Crippen molar-refractivity contribution in [2.24, 2.45) is 0 Å². The molecule has 1 N–H and O–H groups in total. The molecule has 1 aromatic rings. The molecule has 1 aromatic carbocycles. The molecule has 0 bridgehead atoms. The predicted molar refractivity (Wildman–Crippen MR) is 74.2 cm³/mol. The molecule has 0 amide bonds. The summed E-state index contributed by atoms with van der Waals surface area (Å²) in [5.41, 5.74) is 0.768. The number of alkyl halides is 3. The summed E-state index contributed by atoms with van der Waals surface area (Å²) in [5, 5.41) is 13.5. The van der Waals surface area contributed by atoms with E-state index in [9.17, 15) is 23.3 Å². The molecular weight excluding hydrogens is 287 g/mol. The summed E-state index contributed by atoms with van der Waals surface area (Å²) in [6.07, 6.45) is -4.28. The molecule has 0 fully saturated rings. The summed E-state index contributed by atoms with van der Waals surface area (Å²) in [6, 6.07) is 3.99. The molecule has 0 aliphatic rings. The average molecular weight is 305 g/mol. The van der Waals surface area contributed by atoms with E-state index < -0.39 is 17.6 Å². The van der Waals surface area contributed by atoms with Gasteiger partial charge < -0.3 is 5.32 Å². The van der Waals surface area contributed by atoms with Crippen LogP contribution in [0.1, 0.15) is 19.4 Å². The van der Waals surface area contributed by atoms with Gasteiger partial charge in [-0.3, -0.25) is 15.0 Å². The van der Waals surface area contributed by atoms with Gasteiger partial charge in [0.15, 0.2) is 0 Å². The van der Waals surface area contributed by atoms with Crippen LogP contribution in [0.5, 0.6) is 0 Å². The van der Waals surface area contributed by atoms with Gasteiger partial charge in [0.1, 0.15) is 5.69 Å². The van der Waals surface area contributed by atoms with Crippen molar-refractivity contribution in [2.75, 3.05) is 18.9 Å². The number of nitro groups is 1. The monoisotopic (exact) mass is 305 g/mol. The molecular formula is C13H18F3N3O2. The van der Waals surface area contributed by atoms with E-state index in [2.05, 4.69) is 5.32 Å². The molecule has 0 radical (unpaired) electrons. The molecule has 0 spiro atoms. The van der Waals surface area contributed by atoms with Crippen LogP contribution in [0.25, 0.3) is 0 Å². The highest BCUT2D eigenvalue weighted by atomic mass is 19.4. The van der Waals surface area contributed by atoms with E-state index in [1.165, 1.54) is 30.1 Å². The first kappa shape index (κ1) is 17.2. The van der Waals surface area contributed by atoms with Gasteiger partial charge in [0.25, 0.3) is 5.69 Å². The summed E-state index contributed by atoms with van der Waals surface area (Å²) in [7, 11) is 1.53. The Balaban J connectivity index is 2.97. The molecule has 0 atom stereocenters. The predicted octanol–water partition coefficient (Wildman–Crippen LogP) is 3.41. The van der Waals surface area contributed by atoms with E-state index >= 15 is 0 Å². The SMILES string of the molecule is CNc1cc(CN(CC(F)(F)F)C(C)C)ccc1[N+](=O)[O-]. The van der Waals surface area contributed by atoms with E-state index in [1.54, 1.807) is 13.8 Å². The lowest BCUT2D eigenvalue weighted by atomic mass is 10.1. The zero-order valence-corrected chi connectivity index (χ0v) is 12.1. The Labute approximate surface area is 120 Å². The number of hydrogen-bond acceptors (Lipinski definition) is 4. The standard InChI is InChI=1S/C13H18F3N3O2/c1-9(2)18(8-13(14,15)16)7-10-4-5-12(19(20)21)11(6-10)17-3/h4-6,9,17H,7-8H2,1-3H3. The van der Waals surface area contributed by atoms with E-state index in [4.69, 9.17) is 0 Å². The lowest BCUT2D eigenvalue weighted by Crippen LogP contribution is -2.38. The van der Waals surface area contributed by atoms with Crippen LogP contribution < -0.4 is 5.32 Å². The third-order valence-electron chi connectivity index (χ3n) is 3.03. The molecule has 0 saturated heterocycles. The second-order valence-electron chi connectivity index (χ2n) is 4.97. The summed E-state index contributed by atoms with van der Waals surface area (Å²) < 4.78 is 37.6. The number of halogens is 3. The number of anilines is 1. The van der Waals surface area contributed by atoms with Gasteiger partial charge in [-0.2, -0.15) is 13.2 Å². The van der Waals surface area contributed by atoms with Crippen LogP contribution >= 0.6 is 0 Å². The third-order valence-corrected chi connectivity index (χ3v) is 3.03. The number of benzene rings is 1. The average Bonchev–Trinajstić information content (AvgIpc) is 2.35. The van der Waals surface area contributed by atoms with Crippen LogP contribution in [0.3, 0.4) is 0 Å². The fraction of sp³-hybridized carbons (Fsp3) is 0.538. The molecule has 8 heteroatoms. The summed E-state index contributed by atoms with van der Waals surface area (Å²) in [6.45, 7) is 2.41. The first-order valence-electron chi connectivity index (χ1n) is 6.40. The number of rotatable bonds is 6. The number of hydrogen-bond donors (Lipinski definition) is 1. The van der Waals surface area contributed by atoms with Crippen molar-refractivity contribution in [1.29, 1.82) is 0 Å². The molecule has 5 nitrogen and oxygen atoms in total. The zero-order valence-electron chi connectivity index (χ0n) is 12.1. The molecule has 0 unspecified atom stereocenters. The largest absolute Gasteiger partial charge is 0.401 e. The van der Waals surface area contributed by atoms with Crippen LogP contribution in [0.15, 0.2) is 18.2 Å². The molecule has 1 rings (SSSR count). The van der Waals surface area contributed by atoms with Gasteiger partial charge in [0.2, 0.25) is 0 Å². The van der Waals surface area contributed by atoms with Crippen molar-refractivity contribution in [3.63, 3.8) is 0 Å². The topological polar surface area (TPSA) is 58.4 Å². The van der Waals surface area contributed by atoms with Crippen molar-refractivity contribution in [3.8, 4) is 0 Å². The smallest absolute Gasteiger partial charge is 0.383 e. The Kier molecular flexibility index (Phi) is 5.54. The molecule has 0 saturated carbocycles. The van der Waals surface area contributed by atoms with Crippen molar-refractivity contribution in [3.05, 3.63) is 33.9 Å². The molecule has 0 heterocycles. The number of nitrogens with one attached hydrogen (secondary N) is 1. The Morgan fingerprint density at radius 2 is 2.00 bits per heavy atom. The van der Waals surface area contributed by atoms with Crippen molar-refractivity contribution >= 4 is 11.4 Å². The quantitative estimate of drug-likeness (QED) is 0.646. The minimum Gasteiger partial charge on any atom is -0.383 e. The minimum absolute atomic E-state index is 0.0733. The van der Waals surface area contributed by atoms with E-state index in [0.29, 0.717) is 5.56 Å². The van der Waals surface area contributed by atoms with Gasteiger partial charge in [0.05, 0.1) is 11.5 Å². The van der Waals surface area contributed by atoms with Gasteiger partial charge in [-0.25, -0.2) is 0 Å². The molecule has 0 aromatic heterocycles. The third kappa shape index (κ3) is 5.22. The number of nitro benzene ring substituents is 1. The Hall–Kier alpha value is -1.83. The summed E-state index contributed by atoms with van der Waals surface area (Å²) in [5.74, 6) is 0. The van der Waals surface area contributed by atoms with Crippen molar-refractivity contribution in [2.45, 2.75) is 32.6 Å². The molecule has 21 heavy (non-hydrogen) atoms. The van der Waals surface area contributed by atoms with Crippen LogP contribution in [0, 0.1) is 10.1 Å². The Bertz CT molecular complexity index is 504. The lowest BCUT2D eigenvalue weighted by molar-refractivity contribution is -0.384. The normalized spacial score (nSPS) is 12.0. The second-order valence-corrected chi connectivity index (χ2v) is 4.97. The summed E-state index contributed by atoms with van der Waals surface area (Å²) in [4.78, 5) is 11.5. The van der Waals surface area contributed by atoms with E-state index in [1.807, 2.05) is 0 Å². The molecule has 0 aliphatic carbocycles. The first-order valence-corrected chi connectivity index (χ1v) is 6.40. The van der Waals surface area contributed by atoms with Gasteiger partial charge in [-0.05, 0) is 25.5 Å². The van der Waals surface area contributed by atoms with Gasteiger partial charge in [0, 0.05) is 25.7 Å². The Morgan fingerprint density at radius 3 is 2.43 bits per heavy atom. The molecule has 118 valence electrons. The van der Waals surface area contributed by atoms with Crippen molar-refractivity contribution in [1.82, 2.24) is 4.90 Å². The minimum atomic E-state index is -4.28.